The van der Waals surface area contributed by atoms with Crippen molar-refractivity contribution in [3.8, 4) is 0 Å². The molecule has 2 atom stereocenters. The molecule has 1 aromatic heterocycles. The smallest absolute Gasteiger partial charge is 0.405 e. The van der Waals surface area contributed by atoms with E-state index in [-0.39, 0.29) is 12.5 Å². The second-order valence-electron chi connectivity index (χ2n) is 5.74. The second kappa shape index (κ2) is 7.72. The monoisotopic (exact) mass is 334 g/mol. The zero-order chi connectivity index (χ0) is 16.9. The highest BCUT2D eigenvalue weighted by molar-refractivity contribution is 5.74. The quantitative estimate of drug-likeness (QED) is 0.888. The van der Waals surface area contributed by atoms with Crippen LogP contribution in [0.5, 0.6) is 0 Å². The fraction of sp³-hybridized carbons (Fsp3) is 0.667. The zero-order valence-corrected chi connectivity index (χ0v) is 12.7. The first-order valence-corrected chi connectivity index (χ1v) is 7.69. The third-order valence-electron chi connectivity index (χ3n) is 3.95. The van der Waals surface area contributed by atoms with E-state index in [0.717, 1.165) is 19.3 Å². The number of halogens is 3. The van der Waals surface area contributed by atoms with Gasteiger partial charge in [-0.15, -0.1) is 0 Å². The number of aliphatic hydroxyl groups is 1. The number of nitrogens with zero attached hydrogens (tertiary/aromatic N) is 1. The van der Waals surface area contributed by atoms with Crippen molar-refractivity contribution in [2.45, 2.75) is 50.4 Å². The SMILES string of the molecule is O=C(NCC(F)(F)F)N1CCCCCC1CC(O)c1ccco1. The first-order valence-electron chi connectivity index (χ1n) is 7.69. The summed E-state index contributed by atoms with van der Waals surface area (Å²) in [5.41, 5.74) is 0. The van der Waals surface area contributed by atoms with Gasteiger partial charge in [-0.3, -0.25) is 0 Å². The van der Waals surface area contributed by atoms with Crippen molar-refractivity contribution in [2.75, 3.05) is 13.1 Å². The third-order valence-corrected chi connectivity index (χ3v) is 3.95. The summed E-state index contributed by atoms with van der Waals surface area (Å²) in [6.45, 7) is -0.963. The summed E-state index contributed by atoms with van der Waals surface area (Å²) >= 11 is 0. The molecule has 0 radical (unpaired) electrons. The number of furan rings is 1. The molecule has 0 spiro atoms. The Morgan fingerprint density at radius 2 is 2.22 bits per heavy atom. The summed E-state index contributed by atoms with van der Waals surface area (Å²) in [6, 6.07) is 2.24. The molecule has 2 unspecified atom stereocenters. The van der Waals surface area contributed by atoms with Crippen LogP contribution >= 0.6 is 0 Å². The highest BCUT2D eigenvalue weighted by Gasteiger charge is 2.32. The summed E-state index contributed by atoms with van der Waals surface area (Å²) in [6.07, 6.45) is -0.457. The lowest BCUT2D eigenvalue weighted by atomic mass is 10.0. The van der Waals surface area contributed by atoms with E-state index in [1.165, 1.54) is 11.2 Å². The Labute approximate surface area is 132 Å². The summed E-state index contributed by atoms with van der Waals surface area (Å²) in [7, 11) is 0. The molecule has 2 amide bonds. The van der Waals surface area contributed by atoms with Gasteiger partial charge in [0, 0.05) is 19.0 Å². The summed E-state index contributed by atoms with van der Waals surface area (Å²) in [5, 5.41) is 12.1. The standard InChI is InChI=1S/C15H21F3N2O3/c16-15(17,18)10-19-14(22)20-7-3-1-2-5-11(20)9-12(21)13-6-4-8-23-13/h4,6,8,11-12,21H,1-3,5,7,9-10H2,(H,19,22). The molecule has 2 rings (SSSR count). The Balaban J connectivity index is 1.99. The molecule has 23 heavy (non-hydrogen) atoms. The van der Waals surface area contributed by atoms with Crippen LogP contribution < -0.4 is 5.32 Å². The van der Waals surface area contributed by atoms with Gasteiger partial charge in [0.1, 0.15) is 18.4 Å². The van der Waals surface area contributed by atoms with Crippen LogP contribution in [0.2, 0.25) is 0 Å². The molecule has 1 aliphatic rings. The van der Waals surface area contributed by atoms with Crippen molar-refractivity contribution >= 4 is 6.03 Å². The van der Waals surface area contributed by atoms with Crippen molar-refractivity contribution in [3.63, 3.8) is 0 Å². The van der Waals surface area contributed by atoms with E-state index in [9.17, 15) is 23.1 Å². The first kappa shape index (κ1) is 17.7. The van der Waals surface area contributed by atoms with Crippen LogP contribution in [-0.4, -0.2) is 41.3 Å². The Morgan fingerprint density at radius 1 is 1.43 bits per heavy atom. The van der Waals surface area contributed by atoms with Gasteiger partial charge in [-0.05, 0) is 25.0 Å². The number of hydrogen-bond acceptors (Lipinski definition) is 3. The number of urea groups is 1. The minimum absolute atomic E-state index is 0.243. The van der Waals surface area contributed by atoms with Crippen LogP contribution in [0.15, 0.2) is 22.8 Å². The van der Waals surface area contributed by atoms with Crippen molar-refractivity contribution < 1.29 is 27.5 Å². The maximum atomic E-state index is 12.3. The fourth-order valence-electron chi connectivity index (χ4n) is 2.82. The number of alkyl halides is 3. The van der Waals surface area contributed by atoms with Crippen molar-refractivity contribution in [1.82, 2.24) is 10.2 Å². The number of aliphatic hydroxyl groups excluding tert-OH is 1. The van der Waals surface area contributed by atoms with Crippen LogP contribution in [0.1, 0.15) is 44.0 Å². The normalized spacial score (nSPS) is 20.9. The molecular formula is C15H21F3N2O3. The number of nitrogens with one attached hydrogen (secondary N) is 1. The number of likely N-dealkylation sites (tertiary alicyclic amines) is 1. The first-order chi connectivity index (χ1) is 10.9. The molecule has 130 valence electrons. The molecule has 5 nitrogen and oxygen atoms in total. The number of rotatable bonds is 4. The van der Waals surface area contributed by atoms with E-state index < -0.39 is 24.9 Å². The second-order valence-corrected chi connectivity index (χ2v) is 5.74. The number of carbonyl (C=O) groups is 1. The molecule has 2 heterocycles. The third kappa shape index (κ3) is 5.46. The highest BCUT2D eigenvalue weighted by atomic mass is 19.4. The number of amides is 2. The van der Waals surface area contributed by atoms with Crippen molar-refractivity contribution in [1.29, 1.82) is 0 Å². The predicted molar refractivity (Wildman–Crippen MR) is 76.7 cm³/mol. The maximum Gasteiger partial charge on any atom is 0.405 e. The maximum absolute atomic E-state index is 12.3. The van der Waals surface area contributed by atoms with E-state index in [1.54, 1.807) is 12.1 Å². The Bertz CT molecular complexity index is 491. The largest absolute Gasteiger partial charge is 0.467 e. The van der Waals surface area contributed by atoms with Gasteiger partial charge in [0.2, 0.25) is 0 Å². The van der Waals surface area contributed by atoms with Gasteiger partial charge in [0.05, 0.1) is 6.26 Å². The van der Waals surface area contributed by atoms with Crippen LogP contribution in [0, 0.1) is 0 Å². The van der Waals surface area contributed by atoms with Crippen LogP contribution in [-0.2, 0) is 0 Å². The zero-order valence-electron chi connectivity index (χ0n) is 12.7. The summed E-state index contributed by atoms with van der Waals surface area (Å²) in [4.78, 5) is 13.5. The molecule has 1 saturated heterocycles. The van der Waals surface area contributed by atoms with Crippen LogP contribution in [0.3, 0.4) is 0 Å². The van der Waals surface area contributed by atoms with Gasteiger partial charge in [-0.1, -0.05) is 12.8 Å². The van der Waals surface area contributed by atoms with Gasteiger partial charge in [-0.2, -0.15) is 13.2 Å². The molecule has 8 heteroatoms. The lowest BCUT2D eigenvalue weighted by molar-refractivity contribution is -0.123. The summed E-state index contributed by atoms with van der Waals surface area (Å²) < 4.78 is 42.0. The Kier molecular flexibility index (Phi) is 5.92. The minimum atomic E-state index is -4.44. The fourth-order valence-corrected chi connectivity index (χ4v) is 2.82. The van der Waals surface area contributed by atoms with Gasteiger partial charge in [0.25, 0.3) is 0 Å². The Morgan fingerprint density at radius 3 is 2.87 bits per heavy atom. The molecule has 0 bridgehead atoms. The predicted octanol–water partition coefficient (Wildman–Crippen LogP) is 3.22. The molecular weight excluding hydrogens is 313 g/mol. The molecule has 1 aromatic rings. The molecule has 2 N–H and O–H groups in total. The van der Waals surface area contributed by atoms with Crippen LogP contribution in [0.25, 0.3) is 0 Å². The molecule has 0 saturated carbocycles. The van der Waals surface area contributed by atoms with Gasteiger partial charge in [-0.25, -0.2) is 4.79 Å². The Hall–Kier alpha value is -1.70. The van der Waals surface area contributed by atoms with Gasteiger partial charge < -0.3 is 19.7 Å². The van der Waals surface area contributed by atoms with Gasteiger partial charge in [0.15, 0.2) is 0 Å². The van der Waals surface area contributed by atoms with E-state index in [1.807, 2.05) is 5.32 Å². The van der Waals surface area contributed by atoms with E-state index in [0.29, 0.717) is 18.7 Å². The van der Waals surface area contributed by atoms with Crippen LogP contribution in [0.4, 0.5) is 18.0 Å². The number of hydrogen-bond donors (Lipinski definition) is 2. The lowest BCUT2D eigenvalue weighted by Gasteiger charge is -2.31. The van der Waals surface area contributed by atoms with E-state index in [2.05, 4.69) is 0 Å². The number of carbonyl (C=O) groups excluding carboxylic acids is 1. The highest BCUT2D eigenvalue weighted by Crippen LogP contribution is 2.27. The van der Waals surface area contributed by atoms with Crippen molar-refractivity contribution in [2.24, 2.45) is 0 Å². The average molecular weight is 334 g/mol. The average Bonchev–Trinajstić information content (AvgIpc) is 2.92. The van der Waals surface area contributed by atoms with Crippen molar-refractivity contribution in [3.05, 3.63) is 24.2 Å². The minimum Gasteiger partial charge on any atom is -0.467 e. The molecule has 0 aliphatic carbocycles. The molecule has 0 aromatic carbocycles. The van der Waals surface area contributed by atoms with E-state index in [4.69, 9.17) is 4.42 Å². The van der Waals surface area contributed by atoms with E-state index >= 15 is 0 Å². The van der Waals surface area contributed by atoms with Gasteiger partial charge >= 0.3 is 12.2 Å². The molecule has 1 aliphatic heterocycles. The topological polar surface area (TPSA) is 65.7 Å². The lowest BCUT2D eigenvalue weighted by Crippen LogP contribution is -2.48. The molecule has 1 fully saturated rings. The summed E-state index contributed by atoms with van der Waals surface area (Å²) in [5.74, 6) is 0.393.